The lowest BCUT2D eigenvalue weighted by Crippen LogP contribution is -2.45. The van der Waals surface area contributed by atoms with Crippen molar-refractivity contribution in [2.45, 2.75) is 38.4 Å². The van der Waals surface area contributed by atoms with Crippen LogP contribution >= 0.6 is 0 Å². The second-order valence-corrected chi connectivity index (χ2v) is 6.38. The maximum Gasteiger partial charge on any atom is 0.334 e. The molecular weight excluding hydrogens is 228 g/mol. The van der Waals surface area contributed by atoms with Crippen molar-refractivity contribution in [1.82, 2.24) is 0 Å². The highest BCUT2D eigenvalue weighted by molar-refractivity contribution is 5.90. The van der Waals surface area contributed by atoms with Gasteiger partial charge in [-0.3, -0.25) is 0 Å². The third-order valence-electron chi connectivity index (χ3n) is 5.15. The highest BCUT2D eigenvalue weighted by Crippen LogP contribution is 2.57. The van der Waals surface area contributed by atoms with E-state index in [1.165, 1.54) is 0 Å². The minimum Gasteiger partial charge on any atom is -0.458 e. The molecule has 1 unspecified atom stereocenters. The van der Waals surface area contributed by atoms with Crippen LogP contribution in [0, 0.1) is 17.3 Å². The molecule has 0 amide bonds. The fourth-order valence-electron chi connectivity index (χ4n) is 3.74. The maximum absolute atomic E-state index is 11.6. The Morgan fingerprint density at radius 2 is 2.11 bits per heavy atom. The number of rotatable bonds is 2. The SMILES string of the molecule is C=C[C@]1(C)C[C@H]2OC(=O)C(=C)[C@H]2C[C@@H]1C1(C)CO1. The first-order valence-electron chi connectivity index (χ1n) is 6.57. The summed E-state index contributed by atoms with van der Waals surface area (Å²) in [4.78, 5) is 11.6. The van der Waals surface area contributed by atoms with Crippen LogP contribution in [0.4, 0.5) is 0 Å². The zero-order valence-electron chi connectivity index (χ0n) is 11.1. The van der Waals surface area contributed by atoms with E-state index in [2.05, 4.69) is 27.0 Å². The van der Waals surface area contributed by atoms with Gasteiger partial charge in [-0.15, -0.1) is 6.58 Å². The summed E-state index contributed by atoms with van der Waals surface area (Å²) >= 11 is 0. The number of hydrogen-bond donors (Lipinski definition) is 0. The van der Waals surface area contributed by atoms with Crippen molar-refractivity contribution in [1.29, 1.82) is 0 Å². The van der Waals surface area contributed by atoms with E-state index in [1.54, 1.807) is 0 Å². The minimum absolute atomic E-state index is 0.0217. The predicted molar refractivity (Wildman–Crippen MR) is 67.9 cm³/mol. The lowest BCUT2D eigenvalue weighted by molar-refractivity contribution is -0.141. The van der Waals surface area contributed by atoms with Crippen molar-refractivity contribution in [2.24, 2.45) is 17.3 Å². The van der Waals surface area contributed by atoms with Gasteiger partial charge in [0.05, 0.1) is 12.2 Å². The number of fused-ring (bicyclic) bond motifs is 1. The maximum atomic E-state index is 11.6. The van der Waals surface area contributed by atoms with Gasteiger partial charge in [-0.25, -0.2) is 4.79 Å². The molecule has 3 fully saturated rings. The van der Waals surface area contributed by atoms with Crippen LogP contribution in [0.15, 0.2) is 24.8 Å². The van der Waals surface area contributed by atoms with Crippen LogP contribution in [0.2, 0.25) is 0 Å². The standard InChI is InChI=1S/C15H20O3/c1-5-14(3)7-11-10(9(2)13(16)18-11)6-12(14)15(4)8-17-15/h5,10-12H,1-2,6-8H2,3-4H3/t10-,11-,12+,14-,15?/m1/s1. The molecule has 0 spiro atoms. The van der Waals surface area contributed by atoms with Crippen molar-refractivity contribution < 1.29 is 14.3 Å². The van der Waals surface area contributed by atoms with Crippen LogP contribution in [-0.4, -0.2) is 24.3 Å². The van der Waals surface area contributed by atoms with E-state index in [0.29, 0.717) is 11.5 Å². The van der Waals surface area contributed by atoms with Gasteiger partial charge in [-0.2, -0.15) is 0 Å². The van der Waals surface area contributed by atoms with Crippen molar-refractivity contribution in [2.75, 3.05) is 6.61 Å². The molecule has 0 aromatic carbocycles. The summed E-state index contributed by atoms with van der Waals surface area (Å²) in [6.45, 7) is 13.0. The fraction of sp³-hybridized carbons (Fsp3) is 0.667. The van der Waals surface area contributed by atoms with E-state index >= 15 is 0 Å². The van der Waals surface area contributed by atoms with Crippen LogP contribution in [0.1, 0.15) is 26.7 Å². The second-order valence-electron chi connectivity index (χ2n) is 6.38. The summed E-state index contributed by atoms with van der Waals surface area (Å²) in [6.07, 6.45) is 3.73. The van der Waals surface area contributed by atoms with Gasteiger partial charge < -0.3 is 9.47 Å². The van der Waals surface area contributed by atoms with Crippen LogP contribution in [0.3, 0.4) is 0 Å². The van der Waals surface area contributed by atoms with Gasteiger partial charge in [0.25, 0.3) is 0 Å². The number of carbonyl (C=O) groups is 1. The molecule has 3 rings (SSSR count). The molecule has 2 saturated heterocycles. The smallest absolute Gasteiger partial charge is 0.334 e. The van der Waals surface area contributed by atoms with Gasteiger partial charge >= 0.3 is 5.97 Å². The second kappa shape index (κ2) is 3.47. The van der Waals surface area contributed by atoms with Crippen LogP contribution < -0.4 is 0 Å². The summed E-state index contributed by atoms with van der Waals surface area (Å²) in [6, 6.07) is 0. The molecule has 1 aliphatic carbocycles. The summed E-state index contributed by atoms with van der Waals surface area (Å²) < 4.78 is 11.1. The average molecular weight is 248 g/mol. The molecule has 18 heavy (non-hydrogen) atoms. The van der Waals surface area contributed by atoms with E-state index in [0.717, 1.165) is 19.4 Å². The van der Waals surface area contributed by atoms with Gasteiger partial charge in [-0.05, 0) is 31.1 Å². The summed E-state index contributed by atoms with van der Waals surface area (Å²) in [5.41, 5.74) is 0.553. The molecule has 3 aliphatic rings. The van der Waals surface area contributed by atoms with Crippen LogP contribution in [0.5, 0.6) is 0 Å². The fourth-order valence-corrected chi connectivity index (χ4v) is 3.74. The van der Waals surface area contributed by atoms with Crippen molar-refractivity contribution in [3.05, 3.63) is 24.8 Å². The first-order valence-corrected chi connectivity index (χ1v) is 6.57. The number of esters is 1. The Labute approximate surface area is 108 Å². The number of allylic oxidation sites excluding steroid dienone is 1. The minimum atomic E-state index is -0.223. The Bertz CT molecular complexity index is 435. The van der Waals surface area contributed by atoms with Gasteiger partial charge in [0, 0.05) is 11.5 Å². The molecule has 0 bridgehead atoms. The zero-order chi connectivity index (χ0) is 13.1. The Hall–Kier alpha value is -1.09. The molecule has 2 heterocycles. The van der Waals surface area contributed by atoms with E-state index in [4.69, 9.17) is 9.47 Å². The van der Waals surface area contributed by atoms with Crippen LogP contribution in [0.25, 0.3) is 0 Å². The Balaban J connectivity index is 1.93. The Kier molecular flexibility index (Phi) is 2.31. The van der Waals surface area contributed by atoms with Gasteiger partial charge in [0.15, 0.2) is 0 Å². The monoisotopic (exact) mass is 248 g/mol. The Morgan fingerprint density at radius 1 is 1.44 bits per heavy atom. The van der Waals surface area contributed by atoms with Crippen LogP contribution in [-0.2, 0) is 14.3 Å². The molecule has 2 aliphatic heterocycles. The largest absolute Gasteiger partial charge is 0.458 e. The third kappa shape index (κ3) is 1.50. The number of carbonyl (C=O) groups excluding carboxylic acids is 1. The van der Waals surface area contributed by atoms with Gasteiger partial charge in [0.1, 0.15) is 6.10 Å². The highest BCUT2D eigenvalue weighted by atomic mass is 16.6. The molecule has 5 atom stereocenters. The lowest BCUT2D eigenvalue weighted by atomic mass is 9.59. The average Bonchev–Trinajstić information content (AvgIpc) is 3.01. The Morgan fingerprint density at radius 3 is 2.67 bits per heavy atom. The van der Waals surface area contributed by atoms with Crippen molar-refractivity contribution in [3.63, 3.8) is 0 Å². The molecular formula is C15H20O3. The molecule has 3 heteroatoms. The van der Waals surface area contributed by atoms with Gasteiger partial charge in [0.2, 0.25) is 0 Å². The molecule has 0 aromatic heterocycles. The van der Waals surface area contributed by atoms with E-state index in [9.17, 15) is 4.79 Å². The predicted octanol–water partition coefficient (Wildman–Crippen LogP) is 2.48. The highest BCUT2D eigenvalue weighted by Gasteiger charge is 2.59. The molecule has 0 radical (unpaired) electrons. The molecule has 98 valence electrons. The summed E-state index contributed by atoms with van der Waals surface area (Å²) in [7, 11) is 0. The molecule has 3 nitrogen and oxygen atoms in total. The topological polar surface area (TPSA) is 38.8 Å². The van der Waals surface area contributed by atoms with E-state index in [-0.39, 0.29) is 29.0 Å². The normalized spacial score (nSPS) is 50.7. The van der Waals surface area contributed by atoms with Crippen molar-refractivity contribution in [3.8, 4) is 0 Å². The van der Waals surface area contributed by atoms with Gasteiger partial charge in [-0.1, -0.05) is 19.6 Å². The first kappa shape index (κ1) is 12.0. The number of epoxide rings is 1. The number of ether oxygens (including phenoxy) is 2. The van der Waals surface area contributed by atoms with E-state index < -0.39 is 0 Å². The molecule has 0 N–H and O–H groups in total. The molecule has 0 aromatic rings. The quantitative estimate of drug-likeness (QED) is 0.326. The first-order chi connectivity index (χ1) is 8.39. The number of hydrogen-bond acceptors (Lipinski definition) is 3. The summed E-state index contributed by atoms with van der Waals surface area (Å²) in [5, 5.41) is 0. The molecule has 1 saturated carbocycles. The van der Waals surface area contributed by atoms with Crippen molar-refractivity contribution >= 4 is 5.97 Å². The zero-order valence-corrected chi connectivity index (χ0v) is 11.1. The third-order valence-corrected chi connectivity index (χ3v) is 5.15. The van der Waals surface area contributed by atoms with E-state index in [1.807, 2.05) is 6.08 Å². The lowest BCUT2D eigenvalue weighted by Gasteiger charge is -2.45. The summed E-state index contributed by atoms with van der Waals surface area (Å²) in [5.74, 6) is 0.325.